The summed E-state index contributed by atoms with van der Waals surface area (Å²) in [6.07, 6.45) is 2.13. The number of aliphatic imine (C=N–C) groups is 1. The van der Waals surface area contributed by atoms with Gasteiger partial charge in [0.25, 0.3) is 0 Å². The molecule has 4 N–H and O–H groups in total. The van der Waals surface area contributed by atoms with Gasteiger partial charge in [0.1, 0.15) is 0 Å². The number of ether oxygens (including phenoxy) is 2. The smallest absolute Gasteiger partial charge is 0.206 e. The van der Waals surface area contributed by atoms with Crippen molar-refractivity contribution in [3.05, 3.63) is 0 Å². The zero-order valence-electron chi connectivity index (χ0n) is 11.6. The van der Waals surface area contributed by atoms with Gasteiger partial charge < -0.3 is 14.8 Å². The summed E-state index contributed by atoms with van der Waals surface area (Å²) in [5.74, 6) is 6.68. The fourth-order valence-corrected chi connectivity index (χ4v) is 2.15. The van der Waals surface area contributed by atoms with Gasteiger partial charge in [-0.2, -0.15) is 0 Å². The third kappa shape index (κ3) is 5.20. The lowest BCUT2D eigenvalue weighted by atomic mass is 9.93. The van der Waals surface area contributed by atoms with E-state index in [9.17, 15) is 0 Å². The molecule has 0 saturated carbocycles. The summed E-state index contributed by atoms with van der Waals surface area (Å²) < 4.78 is 10.4. The predicted molar refractivity (Wildman–Crippen MR) is 72.2 cm³/mol. The van der Waals surface area contributed by atoms with Crippen molar-refractivity contribution in [1.82, 2.24) is 10.7 Å². The average molecular weight is 258 g/mol. The summed E-state index contributed by atoms with van der Waals surface area (Å²) in [4.78, 5) is 4.60. The number of methoxy groups -OCH3 is 1. The highest BCUT2D eigenvalue weighted by molar-refractivity contribution is 5.79. The van der Waals surface area contributed by atoms with Crippen LogP contribution in [0, 0.1) is 5.92 Å². The number of hydrogen-bond donors (Lipinski definition) is 3. The van der Waals surface area contributed by atoms with E-state index < -0.39 is 0 Å². The minimum atomic E-state index is 0.173. The Morgan fingerprint density at radius 1 is 1.44 bits per heavy atom. The Morgan fingerprint density at radius 2 is 2.11 bits per heavy atom. The van der Waals surface area contributed by atoms with E-state index >= 15 is 0 Å². The molecule has 6 heteroatoms. The Labute approximate surface area is 109 Å². The number of nitrogens with two attached hydrogens (primary N) is 1. The van der Waals surface area contributed by atoms with Gasteiger partial charge in [-0.05, 0) is 32.6 Å². The Balaban J connectivity index is 2.48. The van der Waals surface area contributed by atoms with Crippen molar-refractivity contribution in [2.24, 2.45) is 16.8 Å². The molecule has 106 valence electrons. The zero-order chi connectivity index (χ0) is 13.4. The van der Waals surface area contributed by atoms with Gasteiger partial charge in [0, 0.05) is 26.4 Å². The predicted octanol–water partition coefficient (Wildman–Crippen LogP) is 0.245. The molecule has 1 fully saturated rings. The van der Waals surface area contributed by atoms with Crippen LogP contribution in [0.1, 0.15) is 26.7 Å². The molecular formula is C12H26N4O2. The Kier molecular flexibility index (Phi) is 7.00. The van der Waals surface area contributed by atoms with E-state index in [-0.39, 0.29) is 12.1 Å². The van der Waals surface area contributed by atoms with Crippen LogP contribution in [0.2, 0.25) is 0 Å². The van der Waals surface area contributed by atoms with Crippen LogP contribution in [-0.2, 0) is 9.47 Å². The van der Waals surface area contributed by atoms with Gasteiger partial charge in [0.15, 0.2) is 0 Å². The van der Waals surface area contributed by atoms with Gasteiger partial charge in [-0.1, -0.05) is 0 Å². The second-order valence-corrected chi connectivity index (χ2v) is 4.81. The van der Waals surface area contributed by atoms with Crippen molar-refractivity contribution in [2.75, 3.05) is 26.9 Å². The van der Waals surface area contributed by atoms with Crippen LogP contribution < -0.4 is 16.6 Å². The molecule has 18 heavy (non-hydrogen) atoms. The summed E-state index contributed by atoms with van der Waals surface area (Å²) in [7, 11) is 1.68. The van der Waals surface area contributed by atoms with E-state index in [2.05, 4.69) is 22.7 Å². The quantitative estimate of drug-likeness (QED) is 0.285. The van der Waals surface area contributed by atoms with Crippen LogP contribution in [0.3, 0.4) is 0 Å². The van der Waals surface area contributed by atoms with Crippen molar-refractivity contribution in [3.8, 4) is 0 Å². The molecule has 0 amide bonds. The first-order valence-corrected chi connectivity index (χ1v) is 6.55. The zero-order valence-corrected chi connectivity index (χ0v) is 11.6. The van der Waals surface area contributed by atoms with E-state index in [4.69, 9.17) is 15.3 Å². The van der Waals surface area contributed by atoms with E-state index in [0.29, 0.717) is 18.5 Å². The molecule has 0 aromatic carbocycles. The largest absolute Gasteiger partial charge is 0.383 e. The van der Waals surface area contributed by atoms with Gasteiger partial charge in [-0.3, -0.25) is 5.43 Å². The maximum Gasteiger partial charge on any atom is 0.206 e. The van der Waals surface area contributed by atoms with Crippen LogP contribution in [0.4, 0.5) is 0 Å². The molecule has 1 aliphatic heterocycles. The summed E-state index contributed by atoms with van der Waals surface area (Å²) in [5, 5.41) is 3.20. The number of nitrogens with one attached hydrogen (secondary N) is 2. The second-order valence-electron chi connectivity index (χ2n) is 4.81. The van der Waals surface area contributed by atoms with Gasteiger partial charge in [-0.25, -0.2) is 10.8 Å². The standard InChI is InChI=1S/C12H26N4O2/c1-9(8-17-3)14-12(16-13)15-10(2)11-4-6-18-7-5-11/h9-11H,4-8,13H2,1-3H3,(H2,14,15,16). The lowest BCUT2D eigenvalue weighted by molar-refractivity contribution is 0.0604. The summed E-state index contributed by atoms with van der Waals surface area (Å²) in [5.41, 5.74) is 2.61. The maximum atomic E-state index is 5.49. The van der Waals surface area contributed by atoms with Gasteiger partial charge in [0.2, 0.25) is 5.96 Å². The highest BCUT2D eigenvalue weighted by atomic mass is 16.5. The first-order valence-electron chi connectivity index (χ1n) is 6.55. The SMILES string of the molecule is COCC(C)NC(=NC(C)C1CCOCC1)NN. The van der Waals surface area contributed by atoms with Crippen LogP contribution in [0.15, 0.2) is 4.99 Å². The van der Waals surface area contributed by atoms with E-state index in [0.717, 1.165) is 26.1 Å². The highest BCUT2D eigenvalue weighted by Crippen LogP contribution is 2.20. The van der Waals surface area contributed by atoms with Crippen molar-refractivity contribution < 1.29 is 9.47 Å². The normalized spacial score (nSPS) is 21.4. The van der Waals surface area contributed by atoms with Crippen molar-refractivity contribution in [2.45, 2.75) is 38.8 Å². The number of guanidine groups is 1. The second kappa shape index (κ2) is 8.29. The molecule has 0 aromatic rings. The number of rotatable bonds is 5. The van der Waals surface area contributed by atoms with Crippen molar-refractivity contribution >= 4 is 5.96 Å². The third-order valence-electron chi connectivity index (χ3n) is 3.22. The summed E-state index contributed by atoms with van der Waals surface area (Å²) in [6.45, 7) is 6.44. The molecular weight excluding hydrogens is 232 g/mol. The molecule has 0 aliphatic carbocycles. The van der Waals surface area contributed by atoms with Crippen molar-refractivity contribution in [3.63, 3.8) is 0 Å². The fourth-order valence-electron chi connectivity index (χ4n) is 2.15. The van der Waals surface area contributed by atoms with E-state index in [1.54, 1.807) is 7.11 Å². The Morgan fingerprint density at radius 3 is 2.67 bits per heavy atom. The third-order valence-corrected chi connectivity index (χ3v) is 3.22. The lowest BCUT2D eigenvalue weighted by Crippen LogP contribution is -2.47. The highest BCUT2D eigenvalue weighted by Gasteiger charge is 2.20. The van der Waals surface area contributed by atoms with Gasteiger partial charge >= 0.3 is 0 Å². The van der Waals surface area contributed by atoms with Gasteiger partial charge in [-0.15, -0.1) is 0 Å². The van der Waals surface area contributed by atoms with Crippen LogP contribution >= 0.6 is 0 Å². The molecule has 0 aromatic heterocycles. The molecule has 0 radical (unpaired) electrons. The maximum absolute atomic E-state index is 5.49. The molecule has 1 rings (SSSR count). The molecule has 0 spiro atoms. The average Bonchev–Trinajstić information content (AvgIpc) is 2.39. The van der Waals surface area contributed by atoms with E-state index in [1.807, 2.05) is 6.92 Å². The minimum Gasteiger partial charge on any atom is -0.383 e. The topological polar surface area (TPSA) is 80.9 Å². The van der Waals surface area contributed by atoms with Crippen molar-refractivity contribution in [1.29, 1.82) is 0 Å². The monoisotopic (exact) mass is 258 g/mol. The molecule has 1 heterocycles. The number of nitrogens with zero attached hydrogens (tertiary/aromatic N) is 1. The molecule has 2 unspecified atom stereocenters. The number of hydrogen-bond acceptors (Lipinski definition) is 4. The van der Waals surface area contributed by atoms with Crippen LogP contribution in [0.5, 0.6) is 0 Å². The summed E-state index contributed by atoms with van der Waals surface area (Å²) in [6, 6.07) is 0.411. The Hall–Kier alpha value is -0.850. The lowest BCUT2D eigenvalue weighted by Gasteiger charge is -2.26. The molecule has 1 saturated heterocycles. The molecule has 1 aliphatic rings. The molecule has 6 nitrogen and oxygen atoms in total. The van der Waals surface area contributed by atoms with Gasteiger partial charge in [0.05, 0.1) is 12.6 Å². The van der Waals surface area contributed by atoms with Crippen LogP contribution in [-0.4, -0.2) is 45.0 Å². The summed E-state index contributed by atoms with van der Waals surface area (Å²) >= 11 is 0. The fraction of sp³-hybridized carbons (Fsp3) is 0.917. The molecule has 0 bridgehead atoms. The minimum absolute atomic E-state index is 0.173. The molecule has 2 atom stereocenters. The number of hydrazine groups is 1. The first-order chi connectivity index (χ1) is 8.67. The van der Waals surface area contributed by atoms with E-state index in [1.165, 1.54) is 0 Å². The Bertz CT molecular complexity index is 254. The first kappa shape index (κ1) is 15.2. The van der Waals surface area contributed by atoms with Crippen LogP contribution in [0.25, 0.3) is 0 Å².